The first-order valence-electron chi connectivity index (χ1n) is 13.5. The van der Waals surface area contributed by atoms with Gasteiger partial charge < -0.3 is 30.5 Å². The Balaban J connectivity index is 3.31. The van der Waals surface area contributed by atoms with Crippen LogP contribution in [0.25, 0.3) is 0 Å². The summed E-state index contributed by atoms with van der Waals surface area (Å²) in [5.74, 6) is -1.16. The molecule has 0 aliphatic carbocycles. The number of para-hydroxylation sites is 1. The first-order valence-corrected chi connectivity index (χ1v) is 13.5. The number of ether oxygens (including phenoxy) is 1. The summed E-state index contributed by atoms with van der Waals surface area (Å²) in [6, 6.07) is 3.98. The maximum absolute atomic E-state index is 13.7. The molecule has 4 N–H and O–H groups in total. The number of carbonyl (C=O) groups is 3. The molecule has 2 atom stereocenters. The molecule has 1 aromatic carbocycles. The number of phenolic OH excluding ortho intramolecular Hbond substituents is 1. The van der Waals surface area contributed by atoms with Gasteiger partial charge in [0.05, 0.1) is 6.61 Å². The van der Waals surface area contributed by atoms with E-state index in [0.29, 0.717) is 13.0 Å². The molecule has 0 fully saturated rings. The molecule has 0 radical (unpaired) electrons. The number of aromatic hydroxyl groups is 1. The van der Waals surface area contributed by atoms with E-state index in [4.69, 9.17) is 4.74 Å². The van der Waals surface area contributed by atoms with E-state index in [1.165, 1.54) is 11.0 Å². The van der Waals surface area contributed by atoms with Crippen LogP contribution in [0.4, 0.5) is 4.79 Å². The lowest BCUT2D eigenvalue weighted by molar-refractivity contribution is -0.143. The first-order chi connectivity index (χ1) is 17.6. The quantitative estimate of drug-likeness (QED) is 0.238. The van der Waals surface area contributed by atoms with Gasteiger partial charge >= 0.3 is 6.09 Å². The highest BCUT2D eigenvalue weighted by Gasteiger charge is 2.36. The molecule has 210 valence electrons. The van der Waals surface area contributed by atoms with Gasteiger partial charge in [0.15, 0.2) is 0 Å². The van der Waals surface area contributed by atoms with Gasteiger partial charge in [-0.15, -0.1) is 0 Å². The molecule has 37 heavy (non-hydrogen) atoms. The van der Waals surface area contributed by atoms with E-state index in [2.05, 4.69) is 24.5 Å². The van der Waals surface area contributed by atoms with Crippen molar-refractivity contribution in [2.45, 2.75) is 104 Å². The third kappa shape index (κ3) is 11.9. The van der Waals surface area contributed by atoms with E-state index >= 15 is 0 Å². The SMILES string of the molecule is CCCCCCCN(C(=O)C(CO)NC(=O)OC(C)(C)C)C(C(=O)NCCCCC)c1ccccc1O. The van der Waals surface area contributed by atoms with Gasteiger partial charge in [0.25, 0.3) is 0 Å². The summed E-state index contributed by atoms with van der Waals surface area (Å²) >= 11 is 0. The number of hydrogen-bond acceptors (Lipinski definition) is 6. The van der Waals surface area contributed by atoms with Crippen LogP contribution in [0.2, 0.25) is 0 Å². The Hall–Kier alpha value is -2.81. The van der Waals surface area contributed by atoms with Crippen LogP contribution < -0.4 is 10.6 Å². The lowest BCUT2D eigenvalue weighted by atomic mass is 10.0. The number of amides is 3. The molecule has 0 aliphatic heterocycles. The second-order valence-corrected chi connectivity index (χ2v) is 10.3. The smallest absolute Gasteiger partial charge is 0.408 e. The Morgan fingerprint density at radius 1 is 0.973 bits per heavy atom. The summed E-state index contributed by atoms with van der Waals surface area (Å²) in [4.78, 5) is 40.9. The molecule has 9 nitrogen and oxygen atoms in total. The second-order valence-electron chi connectivity index (χ2n) is 10.3. The molecule has 0 saturated carbocycles. The Labute approximate surface area is 222 Å². The number of aliphatic hydroxyl groups excluding tert-OH is 1. The number of aliphatic hydroxyl groups is 1. The maximum atomic E-state index is 13.7. The highest BCUT2D eigenvalue weighted by molar-refractivity contribution is 5.92. The fraction of sp³-hybridized carbons (Fsp3) is 0.679. The predicted octanol–water partition coefficient (Wildman–Crippen LogP) is 4.42. The third-order valence-electron chi connectivity index (χ3n) is 5.83. The van der Waals surface area contributed by atoms with Gasteiger partial charge in [-0.05, 0) is 39.7 Å². The second kappa shape index (κ2) is 16.8. The Bertz CT molecular complexity index is 839. The van der Waals surface area contributed by atoms with Crippen molar-refractivity contribution in [1.82, 2.24) is 15.5 Å². The summed E-state index contributed by atoms with van der Waals surface area (Å²) in [5.41, 5.74) is -0.505. The van der Waals surface area contributed by atoms with Crippen LogP contribution in [-0.2, 0) is 14.3 Å². The van der Waals surface area contributed by atoms with E-state index in [1.807, 2.05) is 0 Å². The van der Waals surface area contributed by atoms with Crippen molar-refractivity contribution in [2.75, 3.05) is 19.7 Å². The minimum absolute atomic E-state index is 0.111. The largest absolute Gasteiger partial charge is 0.508 e. The molecule has 2 unspecified atom stereocenters. The van der Waals surface area contributed by atoms with Gasteiger partial charge in [-0.2, -0.15) is 0 Å². The van der Waals surface area contributed by atoms with Crippen LogP contribution in [0, 0.1) is 0 Å². The molecule has 9 heteroatoms. The number of benzene rings is 1. The van der Waals surface area contributed by atoms with Crippen molar-refractivity contribution < 1.29 is 29.3 Å². The number of carbonyl (C=O) groups excluding carboxylic acids is 3. The zero-order chi connectivity index (χ0) is 27.8. The normalized spacial score (nSPS) is 12.9. The number of alkyl carbamates (subject to hydrolysis) is 1. The lowest BCUT2D eigenvalue weighted by Gasteiger charge is -2.34. The molecule has 0 bridgehead atoms. The van der Waals surface area contributed by atoms with E-state index in [-0.39, 0.29) is 17.9 Å². The minimum Gasteiger partial charge on any atom is -0.508 e. The molecule has 3 amide bonds. The van der Waals surface area contributed by atoms with Gasteiger partial charge in [-0.1, -0.05) is 70.6 Å². The van der Waals surface area contributed by atoms with Crippen LogP contribution in [0.15, 0.2) is 24.3 Å². The van der Waals surface area contributed by atoms with Gasteiger partial charge in [-0.3, -0.25) is 9.59 Å². The summed E-state index contributed by atoms with van der Waals surface area (Å²) < 4.78 is 5.26. The zero-order valence-electron chi connectivity index (χ0n) is 23.2. The van der Waals surface area contributed by atoms with E-state index < -0.39 is 42.2 Å². The summed E-state index contributed by atoms with van der Waals surface area (Å²) in [6.45, 7) is 9.26. The van der Waals surface area contributed by atoms with Crippen LogP contribution in [0.1, 0.15) is 97.6 Å². The van der Waals surface area contributed by atoms with Gasteiger partial charge in [0.1, 0.15) is 23.4 Å². The van der Waals surface area contributed by atoms with E-state index in [0.717, 1.165) is 44.9 Å². The fourth-order valence-corrected chi connectivity index (χ4v) is 3.94. The fourth-order valence-electron chi connectivity index (χ4n) is 3.94. The molecule has 0 aromatic heterocycles. The zero-order valence-corrected chi connectivity index (χ0v) is 23.2. The van der Waals surface area contributed by atoms with Crippen LogP contribution in [0.3, 0.4) is 0 Å². The lowest BCUT2D eigenvalue weighted by Crippen LogP contribution is -2.54. The number of nitrogens with one attached hydrogen (secondary N) is 2. The standard InChI is InChI=1S/C28H47N3O6/c1-6-8-10-11-15-19-31(26(35)22(20-32)30-27(36)37-28(3,4)5)24(21-16-12-13-17-23(21)33)25(34)29-18-14-9-7-2/h12-13,16-17,22,24,32-33H,6-11,14-15,18-20H2,1-5H3,(H,29,34)(H,30,36). The van der Waals surface area contributed by atoms with Crippen molar-refractivity contribution in [3.63, 3.8) is 0 Å². The molecular weight excluding hydrogens is 474 g/mol. The first kappa shape index (κ1) is 32.2. The van der Waals surface area contributed by atoms with Gasteiger partial charge in [0.2, 0.25) is 11.8 Å². The van der Waals surface area contributed by atoms with Crippen LogP contribution in [-0.4, -0.2) is 64.4 Å². The van der Waals surface area contributed by atoms with Crippen molar-refractivity contribution >= 4 is 17.9 Å². The maximum Gasteiger partial charge on any atom is 0.408 e. The van der Waals surface area contributed by atoms with Crippen molar-refractivity contribution in [3.05, 3.63) is 29.8 Å². The molecule has 0 aliphatic rings. The number of nitrogens with zero attached hydrogens (tertiary/aromatic N) is 1. The topological polar surface area (TPSA) is 128 Å². The van der Waals surface area contributed by atoms with Gasteiger partial charge in [-0.25, -0.2) is 4.79 Å². The Kier molecular flexibility index (Phi) is 14.7. The number of phenols is 1. The van der Waals surface area contributed by atoms with Crippen LogP contribution >= 0.6 is 0 Å². The molecule has 1 aromatic rings. The highest BCUT2D eigenvalue weighted by Crippen LogP contribution is 2.30. The molecule has 0 spiro atoms. The highest BCUT2D eigenvalue weighted by atomic mass is 16.6. The average molecular weight is 522 g/mol. The summed E-state index contributed by atoms with van der Waals surface area (Å²) in [6.07, 6.45) is 6.50. The third-order valence-corrected chi connectivity index (χ3v) is 5.83. The summed E-state index contributed by atoms with van der Waals surface area (Å²) in [5, 5.41) is 26.0. The van der Waals surface area contributed by atoms with E-state index in [9.17, 15) is 24.6 Å². The van der Waals surface area contributed by atoms with Gasteiger partial charge in [0, 0.05) is 18.7 Å². The molecular formula is C28H47N3O6. The molecule has 0 saturated heterocycles. The van der Waals surface area contributed by atoms with Crippen LogP contribution in [0.5, 0.6) is 5.75 Å². The molecule has 0 heterocycles. The summed E-state index contributed by atoms with van der Waals surface area (Å²) in [7, 11) is 0. The van der Waals surface area contributed by atoms with Crippen molar-refractivity contribution in [3.8, 4) is 5.75 Å². The molecule has 1 rings (SSSR count). The monoisotopic (exact) mass is 521 g/mol. The Morgan fingerprint density at radius 2 is 1.59 bits per heavy atom. The minimum atomic E-state index is -1.31. The Morgan fingerprint density at radius 3 is 2.19 bits per heavy atom. The number of rotatable bonds is 16. The van der Waals surface area contributed by atoms with E-state index in [1.54, 1.807) is 39.0 Å². The van der Waals surface area contributed by atoms with Crippen molar-refractivity contribution in [1.29, 1.82) is 0 Å². The predicted molar refractivity (Wildman–Crippen MR) is 144 cm³/mol. The number of hydrogen-bond donors (Lipinski definition) is 4. The average Bonchev–Trinajstić information content (AvgIpc) is 2.83. The van der Waals surface area contributed by atoms with Crippen molar-refractivity contribution in [2.24, 2.45) is 0 Å². The number of unbranched alkanes of at least 4 members (excludes halogenated alkanes) is 6.